The van der Waals surface area contributed by atoms with Crippen LogP contribution in [0.3, 0.4) is 0 Å². The molecule has 5 nitrogen and oxygen atoms in total. The van der Waals surface area contributed by atoms with E-state index in [9.17, 15) is 4.79 Å². The third kappa shape index (κ3) is 4.01. The predicted octanol–water partition coefficient (Wildman–Crippen LogP) is 3.84. The first-order valence-electron chi connectivity index (χ1n) is 7.95. The predicted molar refractivity (Wildman–Crippen MR) is 92.8 cm³/mol. The monoisotopic (exact) mass is 331 g/mol. The van der Waals surface area contributed by atoms with Crippen molar-refractivity contribution < 1.29 is 9.53 Å². The van der Waals surface area contributed by atoms with Crippen LogP contribution in [0.2, 0.25) is 0 Å². The summed E-state index contributed by atoms with van der Waals surface area (Å²) in [6.45, 7) is 3.72. The maximum absolute atomic E-state index is 11.7. The van der Waals surface area contributed by atoms with Crippen molar-refractivity contribution in [2.24, 2.45) is 0 Å². The summed E-state index contributed by atoms with van der Waals surface area (Å²) in [7, 11) is 0. The fourth-order valence-electron chi connectivity index (χ4n) is 2.68. The van der Waals surface area contributed by atoms with Gasteiger partial charge in [-0.3, -0.25) is 0 Å². The molecule has 2 aromatic rings. The fourth-order valence-corrected chi connectivity index (χ4v) is 3.48. The zero-order valence-corrected chi connectivity index (χ0v) is 14.0. The van der Waals surface area contributed by atoms with Crippen molar-refractivity contribution in [2.45, 2.75) is 25.8 Å². The van der Waals surface area contributed by atoms with Gasteiger partial charge in [0.1, 0.15) is 0 Å². The number of piperidine rings is 1. The van der Waals surface area contributed by atoms with E-state index in [4.69, 9.17) is 4.74 Å². The van der Waals surface area contributed by atoms with E-state index in [0.29, 0.717) is 12.6 Å². The molecule has 0 saturated carbocycles. The van der Waals surface area contributed by atoms with Crippen LogP contribution in [-0.4, -0.2) is 41.7 Å². The van der Waals surface area contributed by atoms with Gasteiger partial charge in [-0.15, -0.1) is 11.3 Å². The van der Waals surface area contributed by atoms with Gasteiger partial charge in [-0.05, 0) is 19.8 Å². The first kappa shape index (κ1) is 15.8. The van der Waals surface area contributed by atoms with Gasteiger partial charge >= 0.3 is 6.09 Å². The second-order valence-electron chi connectivity index (χ2n) is 5.51. The Kier molecular flexibility index (Phi) is 5.12. The zero-order valence-electron chi connectivity index (χ0n) is 13.2. The summed E-state index contributed by atoms with van der Waals surface area (Å²) in [5, 5.41) is 6.51. The van der Waals surface area contributed by atoms with E-state index >= 15 is 0 Å². The number of ether oxygens (including phenoxy) is 1. The average molecular weight is 331 g/mol. The molecule has 1 aliphatic rings. The first-order valence-corrected chi connectivity index (χ1v) is 8.83. The van der Waals surface area contributed by atoms with Gasteiger partial charge in [0.05, 0.1) is 12.3 Å². The lowest BCUT2D eigenvalue weighted by Crippen LogP contribution is -2.42. The Bertz CT molecular complexity index is 636. The molecule has 0 radical (unpaired) electrons. The SMILES string of the molecule is CCOC(=O)N1CCC(Nc2nc(-c3ccccc3)cs2)CC1. The van der Waals surface area contributed by atoms with E-state index in [-0.39, 0.29) is 6.09 Å². The highest BCUT2D eigenvalue weighted by atomic mass is 32.1. The third-order valence-electron chi connectivity index (χ3n) is 3.92. The number of aromatic nitrogens is 1. The molecule has 1 aromatic heterocycles. The number of amides is 1. The van der Waals surface area contributed by atoms with Crippen LogP contribution >= 0.6 is 11.3 Å². The molecule has 0 bridgehead atoms. The fraction of sp³-hybridized carbons (Fsp3) is 0.412. The topological polar surface area (TPSA) is 54.5 Å². The summed E-state index contributed by atoms with van der Waals surface area (Å²) in [5.41, 5.74) is 2.14. The standard InChI is InChI=1S/C17H21N3O2S/c1-2-22-17(21)20-10-8-14(9-11-20)18-16-19-15(12-23-16)13-6-4-3-5-7-13/h3-7,12,14H,2,8-11H2,1H3,(H,18,19). The van der Waals surface area contributed by atoms with Crippen LogP contribution in [0.15, 0.2) is 35.7 Å². The lowest BCUT2D eigenvalue weighted by molar-refractivity contribution is 0.0983. The molecule has 0 atom stereocenters. The molecule has 1 fully saturated rings. The Balaban J connectivity index is 1.53. The van der Waals surface area contributed by atoms with Crippen molar-refractivity contribution in [3.8, 4) is 11.3 Å². The van der Waals surface area contributed by atoms with Crippen molar-refractivity contribution in [2.75, 3.05) is 25.0 Å². The summed E-state index contributed by atoms with van der Waals surface area (Å²) >= 11 is 1.63. The van der Waals surface area contributed by atoms with Crippen molar-refractivity contribution in [3.05, 3.63) is 35.7 Å². The summed E-state index contributed by atoms with van der Waals surface area (Å²) < 4.78 is 5.04. The molecule has 23 heavy (non-hydrogen) atoms. The molecule has 1 aromatic carbocycles. The normalized spacial score (nSPS) is 15.4. The Morgan fingerprint density at radius 2 is 2.09 bits per heavy atom. The van der Waals surface area contributed by atoms with Crippen LogP contribution < -0.4 is 5.32 Å². The van der Waals surface area contributed by atoms with Crippen LogP contribution in [0.4, 0.5) is 9.93 Å². The van der Waals surface area contributed by atoms with E-state index in [2.05, 4.69) is 27.8 Å². The van der Waals surface area contributed by atoms with Crippen LogP contribution in [0.5, 0.6) is 0 Å². The van der Waals surface area contributed by atoms with Gasteiger partial charge < -0.3 is 15.0 Å². The van der Waals surface area contributed by atoms with Crippen molar-refractivity contribution in [3.63, 3.8) is 0 Å². The van der Waals surface area contributed by atoms with E-state index < -0.39 is 0 Å². The molecule has 2 heterocycles. The lowest BCUT2D eigenvalue weighted by Gasteiger charge is -2.31. The number of anilines is 1. The summed E-state index contributed by atoms with van der Waals surface area (Å²) in [4.78, 5) is 18.1. The molecule has 0 unspecified atom stereocenters. The quantitative estimate of drug-likeness (QED) is 0.925. The Labute approximate surface area is 140 Å². The molecule has 1 amide bonds. The van der Waals surface area contributed by atoms with Crippen molar-refractivity contribution >= 4 is 22.6 Å². The summed E-state index contributed by atoms with van der Waals surface area (Å²) in [6, 6.07) is 10.5. The van der Waals surface area contributed by atoms with E-state index in [1.165, 1.54) is 0 Å². The number of rotatable bonds is 4. The maximum Gasteiger partial charge on any atom is 0.409 e. The van der Waals surface area contributed by atoms with Gasteiger partial charge in [0.15, 0.2) is 5.13 Å². The number of benzene rings is 1. The Morgan fingerprint density at radius 3 is 2.78 bits per heavy atom. The van der Waals surface area contributed by atoms with Crippen LogP contribution in [0.25, 0.3) is 11.3 Å². The second-order valence-corrected chi connectivity index (χ2v) is 6.37. The molecule has 3 rings (SSSR count). The van der Waals surface area contributed by atoms with Crippen LogP contribution in [0.1, 0.15) is 19.8 Å². The molecular formula is C17H21N3O2S. The molecule has 122 valence electrons. The number of carbonyl (C=O) groups excluding carboxylic acids is 1. The first-order chi connectivity index (χ1) is 11.3. The number of nitrogens with zero attached hydrogens (tertiary/aromatic N) is 2. The highest BCUT2D eigenvalue weighted by molar-refractivity contribution is 7.14. The molecule has 6 heteroatoms. The molecule has 1 N–H and O–H groups in total. The van der Waals surface area contributed by atoms with E-state index in [1.807, 2.05) is 25.1 Å². The lowest BCUT2D eigenvalue weighted by atomic mass is 10.1. The number of nitrogens with one attached hydrogen (secondary N) is 1. The van der Waals surface area contributed by atoms with E-state index in [0.717, 1.165) is 42.3 Å². The highest BCUT2D eigenvalue weighted by Crippen LogP contribution is 2.26. The number of thiazole rings is 1. The number of hydrogen-bond acceptors (Lipinski definition) is 5. The largest absolute Gasteiger partial charge is 0.450 e. The highest BCUT2D eigenvalue weighted by Gasteiger charge is 2.23. The molecule has 1 saturated heterocycles. The van der Waals surface area contributed by atoms with Crippen LogP contribution in [0, 0.1) is 0 Å². The van der Waals surface area contributed by atoms with Gasteiger partial charge in [-0.1, -0.05) is 30.3 Å². The molecule has 0 aliphatic carbocycles. The van der Waals surface area contributed by atoms with Crippen LogP contribution in [-0.2, 0) is 4.74 Å². The Morgan fingerprint density at radius 1 is 1.35 bits per heavy atom. The number of hydrogen-bond donors (Lipinski definition) is 1. The zero-order chi connectivity index (χ0) is 16.1. The molecular weight excluding hydrogens is 310 g/mol. The second kappa shape index (κ2) is 7.46. The van der Waals surface area contributed by atoms with E-state index in [1.54, 1.807) is 16.2 Å². The Hall–Kier alpha value is -2.08. The minimum absolute atomic E-state index is 0.202. The minimum Gasteiger partial charge on any atom is -0.450 e. The minimum atomic E-state index is -0.202. The van der Waals surface area contributed by atoms with Gasteiger partial charge in [0, 0.05) is 30.1 Å². The number of likely N-dealkylation sites (tertiary alicyclic amines) is 1. The third-order valence-corrected chi connectivity index (χ3v) is 4.70. The smallest absolute Gasteiger partial charge is 0.409 e. The maximum atomic E-state index is 11.7. The molecule has 0 spiro atoms. The molecule has 1 aliphatic heterocycles. The number of carbonyl (C=O) groups is 1. The van der Waals surface area contributed by atoms with Crippen molar-refractivity contribution in [1.82, 2.24) is 9.88 Å². The average Bonchev–Trinajstić information content (AvgIpc) is 3.05. The van der Waals surface area contributed by atoms with Gasteiger partial charge in [-0.2, -0.15) is 0 Å². The van der Waals surface area contributed by atoms with Crippen molar-refractivity contribution in [1.29, 1.82) is 0 Å². The summed E-state index contributed by atoms with van der Waals surface area (Å²) in [6.07, 6.45) is 1.63. The van der Waals surface area contributed by atoms with Gasteiger partial charge in [-0.25, -0.2) is 9.78 Å². The summed E-state index contributed by atoms with van der Waals surface area (Å²) in [5.74, 6) is 0. The van der Waals surface area contributed by atoms with Gasteiger partial charge in [0.25, 0.3) is 0 Å². The van der Waals surface area contributed by atoms with Gasteiger partial charge in [0.2, 0.25) is 0 Å².